The van der Waals surface area contributed by atoms with E-state index in [4.69, 9.17) is 0 Å². The molecule has 1 heterocycles. The van der Waals surface area contributed by atoms with Crippen molar-refractivity contribution < 1.29 is 13.2 Å². The Hall–Kier alpha value is -3.07. The first-order valence-electron chi connectivity index (χ1n) is 10.5. The van der Waals surface area contributed by atoms with Gasteiger partial charge in [0.15, 0.2) is 5.13 Å². The lowest BCUT2D eigenvalue weighted by Crippen LogP contribution is -2.31. The van der Waals surface area contributed by atoms with Crippen molar-refractivity contribution in [3.63, 3.8) is 0 Å². The molecule has 0 bridgehead atoms. The van der Waals surface area contributed by atoms with E-state index >= 15 is 0 Å². The van der Waals surface area contributed by atoms with E-state index in [-0.39, 0.29) is 23.9 Å². The molecule has 0 radical (unpaired) electrons. The highest BCUT2D eigenvalue weighted by molar-refractivity contribution is 7.89. The molecule has 8 heteroatoms. The van der Waals surface area contributed by atoms with Gasteiger partial charge in [-0.2, -0.15) is 4.31 Å². The van der Waals surface area contributed by atoms with Crippen LogP contribution in [-0.2, 0) is 10.0 Å². The average Bonchev–Trinajstić information content (AvgIpc) is 3.27. The molecule has 2 aromatic carbocycles. The lowest BCUT2D eigenvalue weighted by molar-refractivity contribution is 0.102. The van der Waals surface area contributed by atoms with Gasteiger partial charge in [0.1, 0.15) is 0 Å². The fourth-order valence-electron chi connectivity index (χ4n) is 3.16. The van der Waals surface area contributed by atoms with Crippen molar-refractivity contribution in [1.82, 2.24) is 9.29 Å². The maximum Gasteiger partial charge on any atom is 0.257 e. The fraction of sp³-hybridized carbons (Fsp3) is 0.200. The maximum absolute atomic E-state index is 12.8. The predicted molar refractivity (Wildman–Crippen MR) is 135 cm³/mol. The van der Waals surface area contributed by atoms with Gasteiger partial charge in [0.2, 0.25) is 10.0 Å². The van der Waals surface area contributed by atoms with Crippen molar-refractivity contribution in [1.29, 1.82) is 0 Å². The minimum Gasteiger partial charge on any atom is -0.298 e. The molecule has 1 aromatic heterocycles. The second kappa shape index (κ2) is 10.7. The van der Waals surface area contributed by atoms with Gasteiger partial charge < -0.3 is 0 Å². The van der Waals surface area contributed by atoms with Crippen LogP contribution in [0.15, 0.2) is 84.1 Å². The highest BCUT2D eigenvalue weighted by Crippen LogP contribution is 2.27. The molecule has 0 fully saturated rings. The molecule has 1 amide bonds. The van der Waals surface area contributed by atoms with E-state index in [2.05, 4.69) is 49.4 Å². The third kappa shape index (κ3) is 5.84. The smallest absolute Gasteiger partial charge is 0.257 e. The molecule has 0 aliphatic heterocycles. The third-order valence-corrected chi connectivity index (χ3v) is 7.62. The predicted octanol–water partition coefficient (Wildman–Crippen LogP) is 5.55. The summed E-state index contributed by atoms with van der Waals surface area (Å²) in [6.07, 6.45) is 3.04. The van der Waals surface area contributed by atoms with Crippen LogP contribution < -0.4 is 5.32 Å². The van der Waals surface area contributed by atoms with E-state index in [1.165, 1.54) is 57.6 Å². The summed E-state index contributed by atoms with van der Waals surface area (Å²) in [5.41, 5.74) is 3.36. The zero-order valence-electron chi connectivity index (χ0n) is 18.7. The second-order valence-corrected chi connectivity index (χ2v) is 10.5. The summed E-state index contributed by atoms with van der Waals surface area (Å²) in [6, 6.07) is 14.0. The second-order valence-electron chi connectivity index (χ2n) is 7.69. The lowest BCUT2D eigenvalue weighted by atomic mass is 10.0. The topological polar surface area (TPSA) is 79.4 Å². The van der Waals surface area contributed by atoms with Crippen LogP contribution in [0.2, 0.25) is 0 Å². The first-order chi connectivity index (χ1) is 15.8. The third-order valence-electron chi connectivity index (χ3n) is 5.02. The number of anilines is 1. The number of rotatable bonds is 10. The quantitative estimate of drug-likeness (QED) is 0.385. The largest absolute Gasteiger partial charge is 0.298 e. The number of carbonyl (C=O) groups excluding carboxylic acids is 1. The summed E-state index contributed by atoms with van der Waals surface area (Å²) in [6.45, 7) is 11.8. The number of nitrogens with one attached hydrogen (secondary N) is 1. The Kier molecular flexibility index (Phi) is 7.97. The van der Waals surface area contributed by atoms with Crippen LogP contribution in [0.1, 0.15) is 35.7 Å². The number of benzene rings is 2. The minimum absolute atomic E-state index is 0.101. The van der Waals surface area contributed by atoms with Crippen LogP contribution >= 0.6 is 11.3 Å². The molecule has 0 saturated carbocycles. The van der Waals surface area contributed by atoms with Gasteiger partial charge in [0, 0.05) is 29.6 Å². The van der Waals surface area contributed by atoms with Crippen molar-refractivity contribution in [3.05, 3.63) is 90.3 Å². The number of hydrogen-bond acceptors (Lipinski definition) is 5. The molecule has 6 nitrogen and oxygen atoms in total. The van der Waals surface area contributed by atoms with Crippen molar-refractivity contribution >= 4 is 32.4 Å². The van der Waals surface area contributed by atoms with E-state index in [0.29, 0.717) is 16.6 Å². The van der Waals surface area contributed by atoms with Gasteiger partial charge in [-0.3, -0.25) is 10.1 Å². The molecule has 0 aliphatic rings. The number of nitrogens with zero attached hydrogens (tertiary/aromatic N) is 2. The molecular formula is C25H27N3O3S2. The zero-order valence-corrected chi connectivity index (χ0v) is 20.3. The maximum atomic E-state index is 12.8. The molecule has 0 unspecified atom stereocenters. The van der Waals surface area contributed by atoms with E-state index in [1.54, 1.807) is 0 Å². The molecule has 0 saturated heterocycles. The number of aromatic nitrogens is 1. The molecule has 0 spiro atoms. The van der Waals surface area contributed by atoms with Crippen LogP contribution in [-0.4, -0.2) is 36.7 Å². The van der Waals surface area contributed by atoms with Crippen molar-refractivity contribution in [2.45, 2.75) is 24.7 Å². The van der Waals surface area contributed by atoms with E-state index in [0.717, 1.165) is 11.3 Å². The first kappa shape index (κ1) is 24.6. The van der Waals surface area contributed by atoms with E-state index in [9.17, 15) is 13.2 Å². The average molecular weight is 482 g/mol. The number of carbonyl (C=O) groups is 1. The SMILES string of the molecule is C=CCN(CC=C)S(=O)(=O)c1ccc(C(=O)Nc2nc(-c3ccc(C(C)C)cc3)cs2)cc1. The molecule has 3 rings (SSSR count). The van der Waals surface area contributed by atoms with Gasteiger partial charge in [-0.25, -0.2) is 13.4 Å². The van der Waals surface area contributed by atoms with Crippen LogP contribution in [0, 0.1) is 0 Å². The first-order valence-corrected chi connectivity index (χ1v) is 12.8. The summed E-state index contributed by atoms with van der Waals surface area (Å²) < 4.78 is 26.9. The monoisotopic (exact) mass is 481 g/mol. The van der Waals surface area contributed by atoms with Crippen molar-refractivity contribution in [2.24, 2.45) is 0 Å². The zero-order chi connectivity index (χ0) is 24.0. The minimum atomic E-state index is -3.71. The van der Waals surface area contributed by atoms with Crippen LogP contribution in [0.5, 0.6) is 0 Å². The summed E-state index contributed by atoms with van der Waals surface area (Å²) in [5.74, 6) is 0.0989. The van der Waals surface area contributed by atoms with Gasteiger partial charge in [-0.15, -0.1) is 24.5 Å². The van der Waals surface area contributed by atoms with Crippen molar-refractivity contribution in [2.75, 3.05) is 18.4 Å². The molecule has 1 N–H and O–H groups in total. The highest BCUT2D eigenvalue weighted by atomic mass is 32.2. The Morgan fingerprint density at radius 1 is 1.06 bits per heavy atom. The van der Waals surface area contributed by atoms with E-state index in [1.807, 2.05) is 17.5 Å². The molecular weight excluding hydrogens is 454 g/mol. The van der Waals surface area contributed by atoms with Crippen LogP contribution in [0.4, 0.5) is 5.13 Å². The Bertz CT molecular complexity index is 1220. The summed E-state index contributed by atoms with van der Waals surface area (Å²) in [7, 11) is -3.71. The highest BCUT2D eigenvalue weighted by Gasteiger charge is 2.22. The Labute approximate surface area is 199 Å². The number of amides is 1. The molecule has 33 heavy (non-hydrogen) atoms. The Balaban J connectivity index is 1.71. The molecule has 0 atom stereocenters. The Morgan fingerprint density at radius 2 is 1.67 bits per heavy atom. The van der Waals surface area contributed by atoms with Crippen LogP contribution in [0.3, 0.4) is 0 Å². The van der Waals surface area contributed by atoms with Gasteiger partial charge in [0.05, 0.1) is 10.6 Å². The number of sulfonamides is 1. The van der Waals surface area contributed by atoms with Gasteiger partial charge >= 0.3 is 0 Å². The van der Waals surface area contributed by atoms with E-state index < -0.39 is 10.0 Å². The number of hydrogen-bond donors (Lipinski definition) is 1. The molecule has 0 aliphatic carbocycles. The summed E-state index contributed by atoms with van der Waals surface area (Å²) in [4.78, 5) is 17.3. The van der Waals surface area contributed by atoms with Crippen molar-refractivity contribution in [3.8, 4) is 11.3 Å². The number of thiazole rings is 1. The summed E-state index contributed by atoms with van der Waals surface area (Å²) in [5, 5.41) is 5.15. The lowest BCUT2D eigenvalue weighted by Gasteiger charge is -2.19. The van der Waals surface area contributed by atoms with Crippen LogP contribution in [0.25, 0.3) is 11.3 Å². The standard InChI is InChI=1S/C25H27N3O3S2/c1-5-15-28(16-6-2)33(30,31)22-13-11-21(12-14-22)24(29)27-25-26-23(17-32-25)20-9-7-19(8-10-20)18(3)4/h5-14,17-18H,1-2,15-16H2,3-4H3,(H,26,27,29). The summed E-state index contributed by atoms with van der Waals surface area (Å²) >= 11 is 1.34. The van der Waals surface area contributed by atoms with Gasteiger partial charge in [-0.05, 0) is 35.7 Å². The van der Waals surface area contributed by atoms with Gasteiger partial charge in [-0.1, -0.05) is 50.3 Å². The molecule has 172 valence electrons. The molecule has 3 aromatic rings. The Morgan fingerprint density at radius 3 is 2.21 bits per heavy atom. The fourth-order valence-corrected chi connectivity index (χ4v) is 5.25. The van der Waals surface area contributed by atoms with Gasteiger partial charge in [0.25, 0.3) is 5.91 Å². The normalized spacial score (nSPS) is 11.5.